The van der Waals surface area contributed by atoms with E-state index in [0.717, 1.165) is 28.9 Å². The standard InChI is InChI=1S/C15H22BrNO/c1-11(2)9-17-10-12(3)7-13-8-14(18-4)5-6-15(13)16/h5-8,11,17H,9-10H2,1-4H3/b12-7-. The van der Waals surface area contributed by atoms with Gasteiger partial charge in [-0.3, -0.25) is 0 Å². The van der Waals surface area contributed by atoms with Crippen molar-refractivity contribution in [1.82, 2.24) is 5.32 Å². The summed E-state index contributed by atoms with van der Waals surface area (Å²) in [5.41, 5.74) is 2.46. The normalized spacial score (nSPS) is 12.0. The van der Waals surface area contributed by atoms with Gasteiger partial charge in [0.15, 0.2) is 0 Å². The third kappa shape index (κ3) is 5.23. The van der Waals surface area contributed by atoms with Crippen LogP contribution in [0.15, 0.2) is 28.2 Å². The first-order valence-corrected chi connectivity index (χ1v) is 7.03. The SMILES string of the molecule is COc1ccc(Br)c(/C=C(/C)CNCC(C)C)c1. The second-order valence-corrected chi connectivity index (χ2v) is 5.76. The number of ether oxygens (including phenoxy) is 1. The molecule has 18 heavy (non-hydrogen) atoms. The molecule has 1 N–H and O–H groups in total. The third-order valence-electron chi connectivity index (χ3n) is 2.56. The fourth-order valence-corrected chi connectivity index (χ4v) is 2.00. The molecule has 1 aromatic rings. The minimum absolute atomic E-state index is 0.682. The monoisotopic (exact) mass is 311 g/mol. The Morgan fingerprint density at radius 1 is 1.44 bits per heavy atom. The summed E-state index contributed by atoms with van der Waals surface area (Å²) >= 11 is 3.56. The lowest BCUT2D eigenvalue weighted by atomic mass is 10.1. The maximum Gasteiger partial charge on any atom is 0.119 e. The smallest absolute Gasteiger partial charge is 0.119 e. The van der Waals surface area contributed by atoms with Crippen molar-refractivity contribution in [1.29, 1.82) is 0 Å². The van der Waals surface area contributed by atoms with Gasteiger partial charge < -0.3 is 10.1 Å². The number of hydrogen-bond donors (Lipinski definition) is 1. The molecule has 0 spiro atoms. The van der Waals surface area contributed by atoms with Gasteiger partial charge in [-0.05, 0) is 43.1 Å². The number of rotatable bonds is 6. The van der Waals surface area contributed by atoms with Crippen LogP contribution in [0.4, 0.5) is 0 Å². The lowest BCUT2D eigenvalue weighted by molar-refractivity contribution is 0.414. The molecule has 0 fully saturated rings. The Morgan fingerprint density at radius 2 is 2.17 bits per heavy atom. The Bertz CT molecular complexity index is 413. The molecule has 0 saturated heterocycles. The summed E-state index contributed by atoms with van der Waals surface area (Å²) in [5, 5.41) is 3.44. The molecular weight excluding hydrogens is 290 g/mol. The summed E-state index contributed by atoms with van der Waals surface area (Å²) in [5.74, 6) is 1.56. The van der Waals surface area contributed by atoms with Crippen molar-refractivity contribution >= 4 is 22.0 Å². The molecule has 0 saturated carbocycles. The van der Waals surface area contributed by atoms with Crippen LogP contribution in [-0.4, -0.2) is 20.2 Å². The zero-order chi connectivity index (χ0) is 13.5. The summed E-state index contributed by atoms with van der Waals surface area (Å²) in [6.45, 7) is 8.53. The second-order valence-electron chi connectivity index (χ2n) is 4.90. The van der Waals surface area contributed by atoms with E-state index in [2.05, 4.69) is 48.1 Å². The molecule has 100 valence electrons. The topological polar surface area (TPSA) is 21.3 Å². The molecule has 0 radical (unpaired) electrons. The number of methoxy groups -OCH3 is 1. The maximum atomic E-state index is 5.24. The first-order valence-electron chi connectivity index (χ1n) is 6.24. The molecule has 0 aliphatic rings. The molecule has 0 aromatic heterocycles. The predicted molar refractivity (Wildman–Crippen MR) is 82.1 cm³/mol. The fourth-order valence-electron chi connectivity index (χ4n) is 1.63. The maximum absolute atomic E-state index is 5.24. The fraction of sp³-hybridized carbons (Fsp3) is 0.467. The van der Waals surface area contributed by atoms with Crippen molar-refractivity contribution in [2.24, 2.45) is 5.92 Å². The van der Waals surface area contributed by atoms with Crippen LogP contribution in [0, 0.1) is 5.92 Å². The van der Waals surface area contributed by atoms with E-state index >= 15 is 0 Å². The molecule has 2 nitrogen and oxygen atoms in total. The quantitative estimate of drug-likeness (QED) is 0.853. The van der Waals surface area contributed by atoms with E-state index in [1.165, 1.54) is 5.57 Å². The second kappa shape index (κ2) is 7.59. The van der Waals surface area contributed by atoms with Crippen LogP contribution in [0.25, 0.3) is 6.08 Å². The molecule has 0 aliphatic heterocycles. The van der Waals surface area contributed by atoms with Gasteiger partial charge in [0.2, 0.25) is 0 Å². The van der Waals surface area contributed by atoms with Crippen molar-refractivity contribution in [3.05, 3.63) is 33.8 Å². The highest BCUT2D eigenvalue weighted by Crippen LogP contribution is 2.24. The van der Waals surface area contributed by atoms with Crippen molar-refractivity contribution in [3.8, 4) is 5.75 Å². The Hall–Kier alpha value is -0.800. The van der Waals surface area contributed by atoms with Crippen LogP contribution in [0.2, 0.25) is 0 Å². The predicted octanol–water partition coefficient (Wildman–Crippen LogP) is 4.11. The first-order chi connectivity index (χ1) is 8.52. The summed E-state index contributed by atoms with van der Waals surface area (Å²) in [6.07, 6.45) is 2.18. The highest BCUT2D eigenvalue weighted by atomic mass is 79.9. The van der Waals surface area contributed by atoms with Crippen LogP contribution in [-0.2, 0) is 0 Å². The Balaban J connectivity index is 2.69. The molecule has 0 amide bonds. The van der Waals surface area contributed by atoms with Gasteiger partial charge in [0.1, 0.15) is 5.75 Å². The van der Waals surface area contributed by atoms with Crippen LogP contribution < -0.4 is 10.1 Å². The average molecular weight is 312 g/mol. The van der Waals surface area contributed by atoms with E-state index in [0.29, 0.717) is 5.92 Å². The largest absolute Gasteiger partial charge is 0.497 e. The van der Waals surface area contributed by atoms with Crippen molar-refractivity contribution in [2.75, 3.05) is 20.2 Å². The zero-order valence-corrected chi connectivity index (χ0v) is 13.2. The third-order valence-corrected chi connectivity index (χ3v) is 3.28. The lowest BCUT2D eigenvalue weighted by Crippen LogP contribution is -2.21. The highest BCUT2D eigenvalue weighted by molar-refractivity contribution is 9.10. The summed E-state index contributed by atoms with van der Waals surface area (Å²) in [4.78, 5) is 0. The van der Waals surface area contributed by atoms with E-state index in [1.807, 2.05) is 18.2 Å². The molecule has 1 aromatic carbocycles. The van der Waals surface area contributed by atoms with Crippen LogP contribution in [0.1, 0.15) is 26.3 Å². The van der Waals surface area contributed by atoms with Gasteiger partial charge in [0.05, 0.1) is 7.11 Å². The van der Waals surface area contributed by atoms with Gasteiger partial charge in [-0.1, -0.05) is 41.4 Å². The highest BCUT2D eigenvalue weighted by Gasteiger charge is 2.00. The molecule has 0 atom stereocenters. The summed E-state index contributed by atoms with van der Waals surface area (Å²) in [7, 11) is 1.69. The molecule has 0 unspecified atom stereocenters. The van der Waals surface area contributed by atoms with Crippen LogP contribution in [0.5, 0.6) is 5.75 Å². The van der Waals surface area contributed by atoms with Crippen molar-refractivity contribution in [2.45, 2.75) is 20.8 Å². The molecule has 3 heteroatoms. The Labute approximate surface area is 119 Å². The zero-order valence-electron chi connectivity index (χ0n) is 11.6. The van der Waals surface area contributed by atoms with Crippen molar-refractivity contribution in [3.63, 3.8) is 0 Å². The van der Waals surface area contributed by atoms with Crippen molar-refractivity contribution < 1.29 is 4.74 Å². The minimum atomic E-state index is 0.682. The van der Waals surface area contributed by atoms with Gasteiger partial charge in [-0.2, -0.15) is 0 Å². The number of benzene rings is 1. The van der Waals surface area contributed by atoms with Crippen LogP contribution >= 0.6 is 15.9 Å². The van der Waals surface area contributed by atoms with Gasteiger partial charge in [-0.25, -0.2) is 0 Å². The van der Waals surface area contributed by atoms with Gasteiger partial charge >= 0.3 is 0 Å². The van der Waals surface area contributed by atoms with E-state index in [9.17, 15) is 0 Å². The molecule has 0 aliphatic carbocycles. The lowest BCUT2D eigenvalue weighted by Gasteiger charge is -2.09. The Morgan fingerprint density at radius 3 is 2.78 bits per heavy atom. The molecule has 0 heterocycles. The summed E-state index contributed by atoms with van der Waals surface area (Å²) < 4.78 is 6.33. The number of nitrogens with one attached hydrogen (secondary N) is 1. The molecule has 0 bridgehead atoms. The Kier molecular flexibility index (Phi) is 6.44. The molecular formula is C15H22BrNO. The van der Waals surface area contributed by atoms with Gasteiger partial charge in [0.25, 0.3) is 0 Å². The van der Waals surface area contributed by atoms with E-state index < -0.39 is 0 Å². The average Bonchev–Trinajstić information content (AvgIpc) is 2.31. The van der Waals surface area contributed by atoms with Gasteiger partial charge in [-0.15, -0.1) is 0 Å². The molecule has 1 rings (SSSR count). The van der Waals surface area contributed by atoms with E-state index in [-0.39, 0.29) is 0 Å². The van der Waals surface area contributed by atoms with Gasteiger partial charge in [0, 0.05) is 11.0 Å². The van der Waals surface area contributed by atoms with Crippen LogP contribution in [0.3, 0.4) is 0 Å². The number of hydrogen-bond acceptors (Lipinski definition) is 2. The first kappa shape index (κ1) is 15.3. The number of halogens is 1. The van der Waals surface area contributed by atoms with E-state index in [1.54, 1.807) is 7.11 Å². The summed E-state index contributed by atoms with van der Waals surface area (Å²) in [6, 6.07) is 6.00. The van der Waals surface area contributed by atoms with E-state index in [4.69, 9.17) is 4.74 Å². The minimum Gasteiger partial charge on any atom is -0.497 e.